The molecule has 0 spiro atoms. The first-order valence-corrected chi connectivity index (χ1v) is 6.96. The van der Waals surface area contributed by atoms with Crippen molar-refractivity contribution in [2.24, 2.45) is 0 Å². The zero-order valence-electron chi connectivity index (χ0n) is 11.3. The highest BCUT2D eigenvalue weighted by Gasteiger charge is 2.01. The van der Waals surface area contributed by atoms with E-state index in [1.165, 1.54) is 7.11 Å². The maximum Gasteiger partial charge on any atom is 0.411 e. The summed E-state index contributed by atoms with van der Waals surface area (Å²) in [6, 6.07) is 12.7. The predicted molar refractivity (Wildman–Crippen MR) is 86.3 cm³/mol. The van der Waals surface area contributed by atoms with Crippen LogP contribution < -0.4 is 10.6 Å². The Balaban J connectivity index is 1.95. The van der Waals surface area contributed by atoms with Crippen molar-refractivity contribution >= 4 is 40.7 Å². The molecule has 0 fully saturated rings. The van der Waals surface area contributed by atoms with Crippen LogP contribution in [0.25, 0.3) is 0 Å². The second-order valence-corrected chi connectivity index (χ2v) is 5.20. The van der Waals surface area contributed by atoms with E-state index < -0.39 is 6.09 Å². The Labute approximate surface area is 133 Å². The molecule has 0 aliphatic heterocycles. The van der Waals surface area contributed by atoms with Crippen molar-refractivity contribution in [2.45, 2.75) is 6.54 Å². The fraction of sp³-hybridized carbons (Fsp3) is 0.133. The number of hydrogen-bond donors (Lipinski definition) is 2. The van der Waals surface area contributed by atoms with Crippen LogP contribution in [0.4, 0.5) is 16.2 Å². The lowest BCUT2D eigenvalue weighted by atomic mass is 10.2. The first kappa shape index (κ1) is 15.5. The normalized spacial score (nSPS) is 10.0. The lowest BCUT2D eigenvalue weighted by Crippen LogP contribution is -2.10. The Kier molecular flexibility index (Phi) is 5.31. The average molecular weight is 325 g/mol. The van der Waals surface area contributed by atoms with Crippen LogP contribution in [0.2, 0.25) is 10.0 Å². The Hall–Kier alpha value is -1.91. The third-order valence-electron chi connectivity index (χ3n) is 2.74. The zero-order chi connectivity index (χ0) is 15.2. The number of carbonyl (C=O) groups excluding carboxylic acids is 1. The van der Waals surface area contributed by atoms with Gasteiger partial charge in [0.05, 0.1) is 7.11 Å². The van der Waals surface area contributed by atoms with E-state index in [0.717, 1.165) is 11.3 Å². The zero-order valence-corrected chi connectivity index (χ0v) is 12.8. The van der Waals surface area contributed by atoms with Crippen LogP contribution in [0.15, 0.2) is 42.5 Å². The van der Waals surface area contributed by atoms with Crippen LogP contribution >= 0.6 is 23.2 Å². The van der Waals surface area contributed by atoms with Gasteiger partial charge in [0.1, 0.15) is 0 Å². The molecule has 0 aliphatic carbocycles. The minimum absolute atomic E-state index is 0.496. The van der Waals surface area contributed by atoms with Gasteiger partial charge in [-0.15, -0.1) is 0 Å². The number of amides is 1. The van der Waals surface area contributed by atoms with E-state index in [9.17, 15) is 4.79 Å². The highest BCUT2D eigenvalue weighted by atomic mass is 35.5. The highest BCUT2D eigenvalue weighted by Crippen LogP contribution is 2.20. The molecule has 0 atom stereocenters. The van der Waals surface area contributed by atoms with Crippen LogP contribution in [0.1, 0.15) is 5.56 Å². The van der Waals surface area contributed by atoms with Gasteiger partial charge < -0.3 is 10.1 Å². The molecule has 21 heavy (non-hydrogen) atoms. The van der Waals surface area contributed by atoms with E-state index >= 15 is 0 Å². The molecule has 0 saturated carbocycles. The molecule has 6 heteroatoms. The molecule has 0 heterocycles. The summed E-state index contributed by atoms with van der Waals surface area (Å²) in [7, 11) is 1.32. The number of hydrogen-bond acceptors (Lipinski definition) is 3. The lowest BCUT2D eigenvalue weighted by Gasteiger charge is -2.09. The van der Waals surface area contributed by atoms with Crippen LogP contribution in [0.5, 0.6) is 0 Å². The first-order valence-electron chi connectivity index (χ1n) is 6.20. The van der Waals surface area contributed by atoms with E-state index in [1.807, 2.05) is 24.3 Å². The van der Waals surface area contributed by atoms with Crippen molar-refractivity contribution in [1.82, 2.24) is 0 Å². The molecule has 1 amide bonds. The SMILES string of the molecule is COC(=O)Nc1ccc(NCc2cc(Cl)cc(Cl)c2)cc1. The van der Waals surface area contributed by atoms with Crippen LogP contribution in [0.3, 0.4) is 0 Å². The minimum atomic E-state index is -0.496. The minimum Gasteiger partial charge on any atom is -0.453 e. The van der Waals surface area contributed by atoms with E-state index in [-0.39, 0.29) is 0 Å². The molecule has 0 aromatic heterocycles. The van der Waals surface area contributed by atoms with Gasteiger partial charge in [-0.05, 0) is 48.0 Å². The van der Waals surface area contributed by atoms with Gasteiger partial charge in [0.2, 0.25) is 0 Å². The monoisotopic (exact) mass is 324 g/mol. The number of carbonyl (C=O) groups is 1. The molecule has 2 rings (SSSR count). The second-order valence-electron chi connectivity index (χ2n) is 4.33. The Morgan fingerprint density at radius 3 is 2.19 bits per heavy atom. The molecule has 0 unspecified atom stereocenters. The summed E-state index contributed by atoms with van der Waals surface area (Å²) in [6.07, 6.45) is -0.496. The largest absolute Gasteiger partial charge is 0.453 e. The van der Waals surface area contributed by atoms with Crippen molar-refractivity contribution in [3.05, 3.63) is 58.1 Å². The van der Waals surface area contributed by atoms with Gasteiger partial charge in [0.25, 0.3) is 0 Å². The number of ether oxygens (including phenoxy) is 1. The number of anilines is 2. The summed E-state index contributed by atoms with van der Waals surface area (Å²) in [6.45, 7) is 0.601. The molecule has 2 N–H and O–H groups in total. The molecule has 0 saturated heterocycles. The highest BCUT2D eigenvalue weighted by molar-refractivity contribution is 6.34. The fourth-order valence-electron chi connectivity index (χ4n) is 1.76. The van der Waals surface area contributed by atoms with E-state index in [0.29, 0.717) is 22.3 Å². The summed E-state index contributed by atoms with van der Waals surface area (Å²) in [4.78, 5) is 11.1. The number of rotatable bonds is 4. The summed E-state index contributed by atoms with van der Waals surface area (Å²) in [5, 5.41) is 7.05. The molecule has 2 aromatic rings. The molecular formula is C15H14Cl2N2O2. The van der Waals surface area contributed by atoms with Crippen LogP contribution in [0, 0.1) is 0 Å². The predicted octanol–water partition coefficient (Wildman–Crippen LogP) is 4.78. The number of nitrogens with one attached hydrogen (secondary N) is 2. The Morgan fingerprint density at radius 2 is 1.62 bits per heavy atom. The molecule has 110 valence electrons. The summed E-state index contributed by atoms with van der Waals surface area (Å²) >= 11 is 11.9. The van der Waals surface area contributed by atoms with Gasteiger partial charge in [0.15, 0.2) is 0 Å². The van der Waals surface area contributed by atoms with Gasteiger partial charge in [0, 0.05) is 28.0 Å². The van der Waals surface area contributed by atoms with Crippen molar-refractivity contribution in [3.8, 4) is 0 Å². The Morgan fingerprint density at radius 1 is 1.05 bits per heavy atom. The van der Waals surface area contributed by atoms with E-state index in [2.05, 4.69) is 15.4 Å². The van der Waals surface area contributed by atoms with Gasteiger partial charge in [-0.2, -0.15) is 0 Å². The quantitative estimate of drug-likeness (QED) is 0.850. The fourth-order valence-corrected chi connectivity index (χ4v) is 2.33. The molecule has 2 aromatic carbocycles. The number of benzene rings is 2. The number of halogens is 2. The second kappa shape index (κ2) is 7.20. The third-order valence-corrected chi connectivity index (χ3v) is 3.17. The first-order chi connectivity index (χ1) is 10.1. The van der Waals surface area contributed by atoms with E-state index in [4.69, 9.17) is 23.2 Å². The summed E-state index contributed by atoms with van der Waals surface area (Å²) in [5.41, 5.74) is 2.57. The number of methoxy groups -OCH3 is 1. The van der Waals surface area contributed by atoms with Crippen molar-refractivity contribution < 1.29 is 9.53 Å². The van der Waals surface area contributed by atoms with Crippen molar-refractivity contribution in [1.29, 1.82) is 0 Å². The summed E-state index contributed by atoms with van der Waals surface area (Å²) in [5.74, 6) is 0. The third kappa shape index (κ3) is 4.85. The van der Waals surface area contributed by atoms with Crippen LogP contribution in [-0.4, -0.2) is 13.2 Å². The topological polar surface area (TPSA) is 50.4 Å². The maximum absolute atomic E-state index is 11.1. The maximum atomic E-state index is 11.1. The van der Waals surface area contributed by atoms with Crippen LogP contribution in [-0.2, 0) is 11.3 Å². The van der Waals surface area contributed by atoms with Gasteiger partial charge in [-0.25, -0.2) is 4.79 Å². The molecule has 0 radical (unpaired) electrons. The molecule has 0 bridgehead atoms. The molecule has 4 nitrogen and oxygen atoms in total. The molecular weight excluding hydrogens is 311 g/mol. The average Bonchev–Trinajstić information content (AvgIpc) is 2.45. The van der Waals surface area contributed by atoms with Gasteiger partial charge in [-0.1, -0.05) is 23.2 Å². The molecule has 0 aliphatic rings. The van der Waals surface area contributed by atoms with Gasteiger partial charge in [-0.3, -0.25) is 5.32 Å². The summed E-state index contributed by atoms with van der Waals surface area (Å²) < 4.78 is 4.52. The van der Waals surface area contributed by atoms with E-state index in [1.54, 1.807) is 18.2 Å². The van der Waals surface area contributed by atoms with Crippen molar-refractivity contribution in [3.63, 3.8) is 0 Å². The Bertz CT molecular complexity index is 610. The van der Waals surface area contributed by atoms with Gasteiger partial charge >= 0.3 is 6.09 Å². The smallest absolute Gasteiger partial charge is 0.411 e. The van der Waals surface area contributed by atoms with Crippen molar-refractivity contribution in [2.75, 3.05) is 17.7 Å². The standard InChI is InChI=1S/C15H14Cl2N2O2/c1-21-15(20)19-14-4-2-13(3-5-14)18-9-10-6-11(16)8-12(17)7-10/h2-8,18H,9H2,1H3,(H,19,20). The lowest BCUT2D eigenvalue weighted by molar-refractivity contribution is 0.187.